The lowest BCUT2D eigenvalue weighted by atomic mass is 9.93. The number of nitrogens with zero attached hydrogens (tertiary/aromatic N) is 3. The Morgan fingerprint density at radius 2 is 1.96 bits per heavy atom. The third-order valence-electron chi connectivity index (χ3n) is 4.59. The molecule has 0 spiro atoms. The van der Waals surface area contributed by atoms with Crippen LogP contribution in [0, 0.1) is 5.41 Å². The van der Waals surface area contributed by atoms with E-state index in [1.54, 1.807) is 7.05 Å². The number of carbonyl (C=O) groups is 1. The van der Waals surface area contributed by atoms with Crippen LogP contribution in [0.15, 0.2) is 4.99 Å². The maximum Gasteiger partial charge on any atom is 0.227 e. The Balaban J connectivity index is 2.75. The van der Waals surface area contributed by atoms with Gasteiger partial charge in [-0.3, -0.25) is 14.7 Å². The van der Waals surface area contributed by atoms with Crippen molar-refractivity contribution in [2.24, 2.45) is 10.4 Å². The van der Waals surface area contributed by atoms with Gasteiger partial charge in [0.15, 0.2) is 5.96 Å². The largest absolute Gasteiger partial charge is 0.359 e. The topological polar surface area (TPSA) is 60.0 Å². The molecule has 0 aromatic rings. The van der Waals surface area contributed by atoms with Crippen molar-refractivity contribution in [3.63, 3.8) is 0 Å². The number of aliphatic imine (C=N–C) groups is 1. The molecule has 1 amide bonds. The van der Waals surface area contributed by atoms with Crippen molar-refractivity contribution in [3.8, 4) is 0 Å². The van der Waals surface area contributed by atoms with Crippen LogP contribution in [0.1, 0.15) is 41.0 Å². The first-order valence-corrected chi connectivity index (χ1v) is 8.89. The summed E-state index contributed by atoms with van der Waals surface area (Å²) in [6.45, 7) is 15.9. The quantitative estimate of drug-likeness (QED) is 0.544. The summed E-state index contributed by atoms with van der Waals surface area (Å²) in [4.78, 5) is 21.5. The van der Waals surface area contributed by atoms with Crippen molar-refractivity contribution in [1.29, 1.82) is 0 Å². The van der Waals surface area contributed by atoms with Crippen LogP contribution < -0.4 is 10.6 Å². The molecule has 1 atom stereocenters. The van der Waals surface area contributed by atoms with Crippen LogP contribution in [-0.2, 0) is 4.79 Å². The first-order chi connectivity index (χ1) is 10.9. The lowest BCUT2D eigenvalue weighted by Crippen LogP contribution is -2.44. The fraction of sp³-hybridized carbons (Fsp3) is 0.882. The fourth-order valence-corrected chi connectivity index (χ4v) is 3.08. The van der Waals surface area contributed by atoms with E-state index in [1.165, 1.54) is 6.42 Å². The molecule has 0 bridgehead atoms. The molecule has 1 unspecified atom stereocenters. The first kappa shape index (κ1) is 19.7. The second-order valence-electron chi connectivity index (χ2n) is 6.74. The third kappa shape index (κ3) is 5.37. The zero-order chi connectivity index (χ0) is 17.5. The number of amides is 1. The summed E-state index contributed by atoms with van der Waals surface area (Å²) in [6.07, 6.45) is 1.17. The highest BCUT2D eigenvalue weighted by molar-refractivity contribution is 5.83. The molecule has 1 aliphatic heterocycles. The van der Waals surface area contributed by atoms with Gasteiger partial charge in [0.25, 0.3) is 0 Å². The molecule has 0 radical (unpaired) electrons. The van der Waals surface area contributed by atoms with Crippen LogP contribution in [0.5, 0.6) is 0 Å². The zero-order valence-corrected chi connectivity index (χ0v) is 15.8. The molecular formula is C17H35N5O. The minimum Gasteiger partial charge on any atom is -0.359 e. The first-order valence-electron chi connectivity index (χ1n) is 8.89. The van der Waals surface area contributed by atoms with E-state index in [1.807, 2.05) is 13.8 Å². The molecule has 2 N–H and O–H groups in total. The number of rotatable bonds is 7. The normalized spacial score (nSPS) is 19.3. The number of carbonyl (C=O) groups excluding carboxylic acids is 1. The summed E-state index contributed by atoms with van der Waals surface area (Å²) in [5, 5.41) is 6.09. The zero-order valence-electron chi connectivity index (χ0n) is 15.8. The molecule has 1 fully saturated rings. The molecule has 0 saturated carbocycles. The predicted octanol–water partition coefficient (Wildman–Crippen LogP) is 1.14. The molecule has 1 rings (SSSR count). The minimum absolute atomic E-state index is 0.0274. The van der Waals surface area contributed by atoms with E-state index >= 15 is 0 Å². The minimum atomic E-state index is -0.493. The number of guanidine groups is 1. The van der Waals surface area contributed by atoms with Crippen molar-refractivity contribution in [2.45, 2.75) is 47.1 Å². The van der Waals surface area contributed by atoms with Gasteiger partial charge >= 0.3 is 0 Å². The molecule has 6 nitrogen and oxygen atoms in total. The van der Waals surface area contributed by atoms with E-state index in [4.69, 9.17) is 4.99 Å². The maximum atomic E-state index is 11.9. The summed E-state index contributed by atoms with van der Waals surface area (Å²) in [5.74, 6) is 0.957. The van der Waals surface area contributed by atoms with Crippen LogP contribution >= 0.6 is 0 Å². The molecule has 1 heterocycles. The van der Waals surface area contributed by atoms with Gasteiger partial charge < -0.3 is 15.5 Å². The number of hydrogen-bond acceptors (Lipinski definition) is 3. The van der Waals surface area contributed by atoms with Gasteiger partial charge in [0.1, 0.15) is 0 Å². The Morgan fingerprint density at radius 3 is 2.48 bits per heavy atom. The van der Waals surface area contributed by atoms with Crippen LogP contribution in [0.25, 0.3) is 0 Å². The standard InChI is InChI=1S/C17H35N5O/c1-7-19-16(20-13-17(4,5)15(23)18-6)22-11-10-14(12-22)21(8-2)9-3/h14H,7-13H2,1-6H3,(H,18,23)(H,19,20). The number of likely N-dealkylation sites (tertiary alicyclic amines) is 1. The average molecular weight is 326 g/mol. The molecule has 1 aliphatic rings. The highest BCUT2D eigenvalue weighted by Crippen LogP contribution is 2.18. The van der Waals surface area contributed by atoms with Crippen molar-refractivity contribution >= 4 is 11.9 Å². The molecule has 0 aliphatic carbocycles. The highest BCUT2D eigenvalue weighted by atomic mass is 16.2. The van der Waals surface area contributed by atoms with Crippen LogP contribution in [-0.4, -0.2) is 74.0 Å². The lowest BCUT2D eigenvalue weighted by Gasteiger charge is -2.28. The van der Waals surface area contributed by atoms with E-state index < -0.39 is 5.41 Å². The Morgan fingerprint density at radius 1 is 1.30 bits per heavy atom. The van der Waals surface area contributed by atoms with Gasteiger partial charge in [-0.25, -0.2) is 0 Å². The van der Waals surface area contributed by atoms with Gasteiger partial charge in [-0.1, -0.05) is 13.8 Å². The van der Waals surface area contributed by atoms with Gasteiger partial charge in [0.05, 0.1) is 12.0 Å². The van der Waals surface area contributed by atoms with Gasteiger partial charge in [0.2, 0.25) is 5.91 Å². The molecule has 1 saturated heterocycles. The van der Waals surface area contributed by atoms with E-state index in [0.717, 1.165) is 38.7 Å². The predicted molar refractivity (Wildman–Crippen MR) is 96.7 cm³/mol. The second-order valence-corrected chi connectivity index (χ2v) is 6.74. The fourth-order valence-electron chi connectivity index (χ4n) is 3.08. The van der Waals surface area contributed by atoms with Crippen molar-refractivity contribution < 1.29 is 4.79 Å². The molecule has 134 valence electrons. The average Bonchev–Trinajstić information content (AvgIpc) is 3.01. The summed E-state index contributed by atoms with van der Waals surface area (Å²) < 4.78 is 0. The van der Waals surface area contributed by atoms with E-state index in [9.17, 15) is 4.79 Å². The highest BCUT2D eigenvalue weighted by Gasteiger charge is 2.30. The van der Waals surface area contributed by atoms with Crippen molar-refractivity contribution in [3.05, 3.63) is 0 Å². The van der Waals surface area contributed by atoms with Gasteiger partial charge in [-0.15, -0.1) is 0 Å². The van der Waals surface area contributed by atoms with E-state index in [0.29, 0.717) is 12.6 Å². The summed E-state index contributed by atoms with van der Waals surface area (Å²) >= 11 is 0. The summed E-state index contributed by atoms with van der Waals surface area (Å²) in [7, 11) is 1.67. The Labute approximate surface area is 141 Å². The number of hydrogen-bond donors (Lipinski definition) is 2. The van der Waals surface area contributed by atoms with Gasteiger partial charge in [-0.2, -0.15) is 0 Å². The molecule has 0 aromatic carbocycles. The van der Waals surface area contributed by atoms with E-state index in [-0.39, 0.29) is 5.91 Å². The molecule has 6 heteroatoms. The smallest absolute Gasteiger partial charge is 0.227 e. The number of nitrogens with one attached hydrogen (secondary N) is 2. The maximum absolute atomic E-state index is 11.9. The summed E-state index contributed by atoms with van der Waals surface area (Å²) in [6, 6.07) is 0.598. The van der Waals surface area contributed by atoms with E-state index in [2.05, 4.69) is 41.2 Å². The molecular weight excluding hydrogens is 290 g/mol. The summed E-state index contributed by atoms with van der Waals surface area (Å²) in [5.41, 5.74) is -0.493. The van der Waals surface area contributed by atoms with Crippen molar-refractivity contribution in [2.75, 3.05) is 46.3 Å². The third-order valence-corrected chi connectivity index (χ3v) is 4.59. The SMILES string of the molecule is CCNC(=NCC(C)(C)C(=O)NC)N1CCC(N(CC)CC)C1. The van der Waals surface area contributed by atoms with Crippen LogP contribution in [0.2, 0.25) is 0 Å². The van der Waals surface area contributed by atoms with Crippen molar-refractivity contribution in [1.82, 2.24) is 20.4 Å². The van der Waals surface area contributed by atoms with Crippen LogP contribution in [0.3, 0.4) is 0 Å². The Hall–Kier alpha value is -1.30. The molecule has 0 aromatic heterocycles. The lowest BCUT2D eigenvalue weighted by molar-refractivity contribution is -0.128. The Bertz CT molecular complexity index is 404. The number of likely N-dealkylation sites (N-methyl/N-ethyl adjacent to an activating group) is 1. The monoisotopic (exact) mass is 325 g/mol. The second kappa shape index (κ2) is 9.11. The van der Waals surface area contributed by atoms with Gasteiger partial charge in [0, 0.05) is 32.7 Å². The Kier molecular flexibility index (Phi) is 7.82. The van der Waals surface area contributed by atoms with Gasteiger partial charge in [-0.05, 0) is 40.3 Å². The molecule has 23 heavy (non-hydrogen) atoms. The van der Waals surface area contributed by atoms with Crippen LogP contribution in [0.4, 0.5) is 0 Å².